The van der Waals surface area contributed by atoms with Gasteiger partial charge in [-0.2, -0.15) is 5.10 Å². The van der Waals surface area contributed by atoms with Gasteiger partial charge in [-0.25, -0.2) is 8.78 Å². The van der Waals surface area contributed by atoms with E-state index in [0.29, 0.717) is 11.7 Å². The topological polar surface area (TPSA) is 27.1 Å². The Morgan fingerprint density at radius 3 is 2.82 bits per heavy atom. The van der Waals surface area contributed by atoms with Crippen LogP contribution in [0.15, 0.2) is 36.5 Å². The maximum Gasteiger partial charge on any atom is 0.168 e. The fourth-order valence-electron chi connectivity index (χ4n) is 2.23. The summed E-state index contributed by atoms with van der Waals surface area (Å²) in [6.45, 7) is 5.04. The minimum atomic E-state index is -0.746. The summed E-state index contributed by atoms with van der Waals surface area (Å²) in [6, 6.07) is 9.65. The van der Waals surface area contributed by atoms with Crippen LogP contribution in [0.5, 0.6) is 11.5 Å². The van der Waals surface area contributed by atoms with Crippen molar-refractivity contribution in [3.8, 4) is 11.5 Å². The van der Waals surface area contributed by atoms with Crippen LogP contribution in [0, 0.1) is 23.6 Å². The number of benzene rings is 2. The summed E-state index contributed by atoms with van der Waals surface area (Å²) in [7, 11) is 0. The van der Waals surface area contributed by atoms with Crippen LogP contribution in [-0.4, -0.2) is 9.78 Å². The first kappa shape index (κ1) is 14.5. The molecule has 3 rings (SSSR count). The lowest BCUT2D eigenvalue weighted by Gasteiger charge is -2.08. The third-order valence-electron chi connectivity index (χ3n) is 3.20. The van der Waals surface area contributed by atoms with Gasteiger partial charge in [-0.15, -0.1) is 0 Å². The summed E-state index contributed by atoms with van der Waals surface area (Å²) < 4.78 is 33.8. The Labute approximate surface area is 127 Å². The minimum Gasteiger partial charge on any atom is -0.454 e. The largest absolute Gasteiger partial charge is 0.454 e. The molecule has 0 bridgehead atoms. The number of rotatable bonds is 4. The second kappa shape index (κ2) is 5.75. The van der Waals surface area contributed by atoms with Crippen molar-refractivity contribution in [2.24, 2.45) is 5.92 Å². The van der Waals surface area contributed by atoms with Crippen molar-refractivity contribution in [2.45, 2.75) is 20.4 Å². The Balaban J connectivity index is 1.89. The number of halogens is 2. The van der Waals surface area contributed by atoms with E-state index in [1.54, 1.807) is 18.3 Å². The van der Waals surface area contributed by atoms with Gasteiger partial charge >= 0.3 is 0 Å². The molecule has 0 saturated heterocycles. The molecule has 0 aliphatic carbocycles. The van der Waals surface area contributed by atoms with E-state index in [1.165, 1.54) is 6.07 Å². The van der Waals surface area contributed by atoms with Crippen molar-refractivity contribution in [3.63, 3.8) is 0 Å². The van der Waals surface area contributed by atoms with Crippen LogP contribution in [-0.2, 0) is 6.54 Å². The van der Waals surface area contributed by atoms with Crippen molar-refractivity contribution < 1.29 is 13.5 Å². The van der Waals surface area contributed by atoms with Gasteiger partial charge in [0, 0.05) is 24.1 Å². The second-order valence-electron chi connectivity index (χ2n) is 5.54. The molecular formula is C17H15F2N2O. The van der Waals surface area contributed by atoms with E-state index in [-0.39, 0.29) is 5.75 Å². The first-order valence-corrected chi connectivity index (χ1v) is 7.03. The second-order valence-corrected chi connectivity index (χ2v) is 5.54. The standard InChI is InChI=1S/C17H15F2N2O/c1-11(2)10-21-16-5-4-14(7-12(16)9-20-21)22-17-6-3-13(18)8-15(17)19/h3,5-9,11H,10H2,1-2H3. The van der Waals surface area contributed by atoms with Gasteiger partial charge in [0.1, 0.15) is 11.6 Å². The maximum atomic E-state index is 13.6. The molecule has 3 aromatic rings. The van der Waals surface area contributed by atoms with E-state index in [1.807, 2.05) is 4.68 Å². The molecular weight excluding hydrogens is 286 g/mol. The molecule has 0 amide bonds. The van der Waals surface area contributed by atoms with Crippen LogP contribution in [0.3, 0.4) is 0 Å². The van der Waals surface area contributed by atoms with Gasteiger partial charge in [0.15, 0.2) is 11.6 Å². The van der Waals surface area contributed by atoms with Gasteiger partial charge in [-0.1, -0.05) is 13.8 Å². The van der Waals surface area contributed by atoms with Gasteiger partial charge in [-0.3, -0.25) is 4.68 Å². The van der Waals surface area contributed by atoms with Crippen molar-refractivity contribution in [2.75, 3.05) is 0 Å². The Kier molecular flexibility index (Phi) is 3.79. The van der Waals surface area contributed by atoms with Gasteiger partial charge in [-0.05, 0) is 30.2 Å². The Morgan fingerprint density at radius 1 is 1.27 bits per heavy atom. The van der Waals surface area contributed by atoms with E-state index < -0.39 is 11.6 Å². The lowest BCUT2D eigenvalue weighted by Crippen LogP contribution is -2.05. The van der Waals surface area contributed by atoms with Crippen molar-refractivity contribution in [3.05, 3.63) is 54.2 Å². The molecule has 113 valence electrons. The first-order chi connectivity index (χ1) is 10.5. The van der Waals surface area contributed by atoms with Crippen molar-refractivity contribution >= 4 is 10.9 Å². The Bertz CT molecular complexity index is 812. The number of nitrogens with zero attached hydrogens (tertiary/aromatic N) is 2. The smallest absolute Gasteiger partial charge is 0.168 e. The minimum absolute atomic E-state index is 0.0356. The molecule has 0 aliphatic heterocycles. The molecule has 1 aromatic heterocycles. The third kappa shape index (κ3) is 2.93. The molecule has 0 unspecified atom stereocenters. The van der Waals surface area contributed by atoms with Crippen molar-refractivity contribution in [1.29, 1.82) is 0 Å². The van der Waals surface area contributed by atoms with Gasteiger partial charge in [0.25, 0.3) is 0 Å². The zero-order chi connectivity index (χ0) is 15.7. The number of ether oxygens (including phenoxy) is 1. The normalized spacial score (nSPS) is 11.3. The lowest BCUT2D eigenvalue weighted by molar-refractivity contribution is 0.437. The van der Waals surface area contributed by atoms with E-state index in [4.69, 9.17) is 4.74 Å². The molecule has 5 heteroatoms. The molecule has 0 aliphatic rings. The fourth-order valence-corrected chi connectivity index (χ4v) is 2.23. The molecule has 1 radical (unpaired) electrons. The van der Waals surface area contributed by atoms with E-state index in [9.17, 15) is 8.78 Å². The van der Waals surface area contributed by atoms with Crippen LogP contribution in [0.1, 0.15) is 13.8 Å². The van der Waals surface area contributed by atoms with E-state index in [2.05, 4.69) is 25.0 Å². The number of aromatic nitrogens is 2. The average Bonchev–Trinajstić information content (AvgIpc) is 2.84. The Hall–Kier alpha value is -2.43. The highest BCUT2D eigenvalue weighted by molar-refractivity contribution is 5.80. The predicted octanol–water partition coefficient (Wildman–Crippen LogP) is 4.56. The molecule has 0 N–H and O–H groups in total. The summed E-state index contributed by atoms with van der Waals surface area (Å²) in [5.74, 6) is -0.579. The van der Waals surface area contributed by atoms with Crippen molar-refractivity contribution in [1.82, 2.24) is 9.78 Å². The molecule has 1 heterocycles. The molecule has 0 fully saturated rings. The predicted molar refractivity (Wildman–Crippen MR) is 79.8 cm³/mol. The molecule has 22 heavy (non-hydrogen) atoms. The third-order valence-corrected chi connectivity index (χ3v) is 3.20. The monoisotopic (exact) mass is 301 g/mol. The van der Waals surface area contributed by atoms with Gasteiger partial charge in [0.05, 0.1) is 11.7 Å². The zero-order valence-corrected chi connectivity index (χ0v) is 12.3. The zero-order valence-electron chi connectivity index (χ0n) is 12.3. The lowest BCUT2D eigenvalue weighted by atomic mass is 10.2. The number of fused-ring (bicyclic) bond motifs is 1. The molecule has 0 spiro atoms. The van der Waals surface area contributed by atoms with E-state index in [0.717, 1.165) is 29.6 Å². The number of hydrogen-bond donors (Lipinski definition) is 0. The highest BCUT2D eigenvalue weighted by Gasteiger charge is 2.09. The number of hydrogen-bond acceptors (Lipinski definition) is 2. The van der Waals surface area contributed by atoms with Crippen LogP contribution in [0.2, 0.25) is 0 Å². The fraction of sp³-hybridized carbons (Fsp3) is 0.235. The molecule has 3 nitrogen and oxygen atoms in total. The summed E-state index contributed by atoms with van der Waals surface area (Å²) in [4.78, 5) is 0. The van der Waals surface area contributed by atoms with Gasteiger partial charge in [0.2, 0.25) is 0 Å². The quantitative estimate of drug-likeness (QED) is 0.706. The molecule has 2 aromatic carbocycles. The summed E-state index contributed by atoms with van der Waals surface area (Å²) in [5.41, 5.74) is 0.945. The summed E-state index contributed by atoms with van der Waals surface area (Å²) in [6.07, 6.45) is 1.74. The van der Waals surface area contributed by atoms with Crippen LogP contribution >= 0.6 is 0 Å². The van der Waals surface area contributed by atoms with Crippen LogP contribution < -0.4 is 4.74 Å². The average molecular weight is 301 g/mol. The van der Waals surface area contributed by atoms with Crippen LogP contribution in [0.4, 0.5) is 8.78 Å². The molecule has 0 atom stereocenters. The SMILES string of the molecule is CC(C)Cn1ncc2cc(Oc3ccc(F)cc3F)[c]cc21. The highest BCUT2D eigenvalue weighted by Crippen LogP contribution is 2.27. The maximum absolute atomic E-state index is 13.6. The Morgan fingerprint density at radius 2 is 2.09 bits per heavy atom. The van der Waals surface area contributed by atoms with Crippen LogP contribution in [0.25, 0.3) is 10.9 Å². The first-order valence-electron chi connectivity index (χ1n) is 7.03. The molecule has 0 saturated carbocycles. The van der Waals surface area contributed by atoms with Gasteiger partial charge < -0.3 is 4.74 Å². The summed E-state index contributed by atoms with van der Waals surface area (Å²) >= 11 is 0. The summed E-state index contributed by atoms with van der Waals surface area (Å²) in [5, 5.41) is 5.22. The van der Waals surface area contributed by atoms with E-state index >= 15 is 0 Å². The highest BCUT2D eigenvalue weighted by atomic mass is 19.1.